The molecule has 3 heteroatoms. The van der Waals surface area contributed by atoms with E-state index in [1.807, 2.05) is 12.4 Å². The molecule has 0 aromatic heterocycles. The standard InChI is InChI=1S/C19H36N2O/c1-2-3-4-5-6-7-8-9-10-11-12-13-14-19-20-15-16-21(19)17-18-22/h6-7,15-16,19-20,22H,2-5,8-14,17-18H2,1H3/b7-6+. The van der Waals surface area contributed by atoms with E-state index >= 15 is 0 Å². The number of rotatable bonds is 14. The molecule has 1 aliphatic heterocycles. The van der Waals surface area contributed by atoms with Crippen LogP contribution in [0.2, 0.25) is 0 Å². The number of β-amino-alcohol motifs (C(OH)–C–C–N with tert-alkyl or cyclic N) is 1. The lowest BCUT2D eigenvalue weighted by atomic mass is 10.1. The molecule has 2 N–H and O–H groups in total. The first kappa shape index (κ1) is 19.1. The van der Waals surface area contributed by atoms with Crippen molar-refractivity contribution in [1.82, 2.24) is 10.2 Å². The van der Waals surface area contributed by atoms with Gasteiger partial charge in [-0.3, -0.25) is 0 Å². The molecule has 0 fully saturated rings. The minimum atomic E-state index is 0.231. The summed E-state index contributed by atoms with van der Waals surface area (Å²) in [6.07, 6.45) is 23.5. The summed E-state index contributed by atoms with van der Waals surface area (Å²) in [6.45, 7) is 3.22. The summed E-state index contributed by atoms with van der Waals surface area (Å²) in [4.78, 5) is 2.20. The summed E-state index contributed by atoms with van der Waals surface area (Å²) in [6, 6.07) is 0. The minimum Gasteiger partial charge on any atom is -0.395 e. The Morgan fingerprint density at radius 1 is 1.00 bits per heavy atom. The number of nitrogens with zero attached hydrogens (tertiary/aromatic N) is 1. The van der Waals surface area contributed by atoms with Crippen molar-refractivity contribution in [2.45, 2.75) is 83.7 Å². The van der Waals surface area contributed by atoms with Crippen LogP contribution < -0.4 is 5.32 Å². The van der Waals surface area contributed by atoms with Crippen LogP contribution in [0, 0.1) is 0 Å². The molecular weight excluding hydrogens is 272 g/mol. The molecule has 0 saturated carbocycles. The third-order valence-electron chi connectivity index (χ3n) is 4.30. The molecule has 0 amide bonds. The highest BCUT2D eigenvalue weighted by atomic mass is 16.3. The van der Waals surface area contributed by atoms with E-state index in [0.29, 0.717) is 6.17 Å². The first-order chi connectivity index (χ1) is 10.9. The quantitative estimate of drug-likeness (QED) is 0.365. The average Bonchev–Trinajstić information content (AvgIpc) is 2.96. The molecule has 0 bridgehead atoms. The number of hydrogen-bond donors (Lipinski definition) is 2. The van der Waals surface area contributed by atoms with Crippen LogP contribution in [-0.2, 0) is 0 Å². The molecule has 1 atom stereocenters. The molecule has 0 spiro atoms. The summed E-state index contributed by atoms with van der Waals surface area (Å²) >= 11 is 0. The highest BCUT2D eigenvalue weighted by molar-refractivity contribution is 4.93. The number of aliphatic hydroxyl groups excluding tert-OH is 1. The third-order valence-corrected chi connectivity index (χ3v) is 4.30. The normalized spacial score (nSPS) is 17.5. The minimum absolute atomic E-state index is 0.231. The van der Waals surface area contributed by atoms with Crippen molar-refractivity contribution in [2.75, 3.05) is 13.2 Å². The molecule has 0 saturated heterocycles. The monoisotopic (exact) mass is 308 g/mol. The SMILES string of the molecule is CCCCC/C=C/CCCCCCCC1NC=CN1CCO. The largest absolute Gasteiger partial charge is 0.395 e. The van der Waals surface area contributed by atoms with E-state index in [2.05, 4.69) is 29.3 Å². The fourth-order valence-corrected chi connectivity index (χ4v) is 2.92. The fourth-order valence-electron chi connectivity index (χ4n) is 2.92. The van der Waals surface area contributed by atoms with E-state index in [0.717, 1.165) is 6.54 Å². The van der Waals surface area contributed by atoms with Crippen molar-refractivity contribution in [2.24, 2.45) is 0 Å². The van der Waals surface area contributed by atoms with Crippen molar-refractivity contribution < 1.29 is 5.11 Å². The first-order valence-corrected chi connectivity index (χ1v) is 9.32. The molecule has 1 aliphatic rings. The second-order valence-electron chi connectivity index (χ2n) is 6.27. The zero-order valence-corrected chi connectivity index (χ0v) is 14.5. The Bertz CT molecular complexity index is 302. The van der Waals surface area contributed by atoms with Crippen LogP contribution in [-0.4, -0.2) is 29.3 Å². The van der Waals surface area contributed by atoms with Gasteiger partial charge in [0, 0.05) is 18.9 Å². The maximum Gasteiger partial charge on any atom is 0.0982 e. The van der Waals surface area contributed by atoms with Gasteiger partial charge in [0.15, 0.2) is 0 Å². The zero-order valence-electron chi connectivity index (χ0n) is 14.5. The molecule has 128 valence electrons. The van der Waals surface area contributed by atoms with E-state index < -0.39 is 0 Å². The molecule has 1 unspecified atom stereocenters. The van der Waals surface area contributed by atoms with Gasteiger partial charge < -0.3 is 15.3 Å². The van der Waals surface area contributed by atoms with Crippen LogP contribution >= 0.6 is 0 Å². The Morgan fingerprint density at radius 2 is 1.68 bits per heavy atom. The van der Waals surface area contributed by atoms with Crippen LogP contribution in [0.15, 0.2) is 24.6 Å². The van der Waals surface area contributed by atoms with Crippen molar-refractivity contribution in [1.29, 1.82) is 0 Å². The van der Waals surface area contributed by atoms with Gasteiger partial charge in [-0.15, -0.1) is 0 Å². The Labute approximate surface area is 137 Å². The third kappa shape index (κ3) is 9.14. The number of aliphatic hydroxyl groups is 1. The maximum atomic E-state index is 9.01. The van der Waals surface area contributed by atoms with E-state index in [1.165, 1.54) is 70.6 Å². The van der Waals surface area contributed by atoms with Gasteiger partial charge in [0.2, 0.25) is 0 Å². The van der Waals surface area contributed by atoms with Gasteiger partial charge in [0.25, 0.3) is 0 Å². The lowest BCUT2D eigenvalue weighted by Crippen LogP contribution is -2.36. The zero-order chi connectivity index (χ0) is 15.9. The predicted molar refractivity (Wildman–Crippen MR) is 95.5 cm³/mol. The van der Waals surface area contributed by atoms with E-state index in [1.54, 1.807) is 0 Å². The smallest absolute Gasteiger partial charge is 0.0982 e. The summed E-state index contributed by atoms with van der Waals surface area (Å²) in [5.74, 6) is 0. The van der Waals surface area contributed by atoms with E-state index in [4.69, 9.17) is 5.11 Å². The van der Waals surface area contributed by atoms with Gasteiger partial charge in [-0.1, -0.05) is 51.2 Å². The Morgan fingerprint density at radius 3 is 2.41 bits per heavy atom. The topological polar surface area (TPSA) is 35.5 Å². The Balaban J connectivity index is 1.85. The van der Waals surface area contributed by atoms with Crippen molar-refractivity contribution in [3.05, 3.63) is 24.6 Å². The van der Waals surface area contributed by atoms with Gasteiger partial charge >= 0.3 is 0 Å². The van der Waals surface area contributed by atoms with E-state index in [-0.39, 0.29) is 6.61 Å². The molecule has 1 rings (SSSR count). The Kier molecular flexibility index (Phi) is 11.9. The van der Waals surface area contributed by atoms with Gasteiger partial charge in [-0.2, -0.15) is 0 Å². The summed E-state index contributed by atoms with van der Waals surface area (Å²) < 4.78 is 0. The van der Waals surface area contributed by atoms with Gasteiger partial charge in [-0.05, 0) is 38.5 Å². The highest BCUT2D eigenvalue weighted by Gasteiger charge is 2.16. The van der Waals surface area contributed by atoms with Gasteiger partial charge in [-0.25, -0.2) is 0 Å². The molecule has 0 radical (unpaired) electrons. The lowest BCUT2D eigenvalue weighted by Gasteiger charge is -2.24. The second-order valence-corrected chi connectivity index (χ2v) is 6.27. The number of allylic oxidation sites excluding steroid dienone is 2. The molecule has 1 heterocycles. The maximum absolute atomic E-state index is 9.01. The van der Waals surface area contributed by atoms with Gasteiger partial charge in [0.05, 0.1) is 12.8 Å². The number of nitrogens with one attached hydrogen (secondary N) is 1. The van der Waals surface area contributed by atoms with Crippen LogP contribution in [0.5, 0.6) is 0 Å². The second kappa shape index (κ2) is 13.7. The highest BCUT2D eigenvalue weighted by Crippen LogP contribution is 2.14. The summed E-state index contributed by atoms with van der Waals surface area (Å²) in [7, 11) is 0. The number of unbranched alkanes of at least 4 members (excludes halogenated alkanes) is 8. The Hall–Kier alpha value is -0.960. The lowest BCUT2D eigenvalue weighted by molar-refractivity contribution is 0.194. The van der Waals surface area contributed by atoms with Crippen LogP contribution in [0.1, 0.15) is 77.6 Å². The molecule has 22 heavy (non-hydrogen) atoms. The van der Waals surface area contributed by atoms with Crippen molar-refractivity contribution >= 4 is 0 Å². The van der Waals surface area contributed by atoms with E-state index in [9.17, 15) is 0 Å². The average molecular weight is 309 g/mol. The fraction of sp³-hybridized carbons (Fsp3) is 0.789. The van der Waals surface area contributed by atoms with Gasteiger partial charge in [0.1, 0.15) is 0 Å². The van der Waals surface area contributed by atoms with Crippen LogP contribution in [0.25, 0.3) is 0 Å². The van der Waals surface area contributed by atoms with Crippen molar-refractivity contribution in [3.8, 4) is 0 Å². The molecule has 3 nitrogen and oxygen atoms in total. The van der Waals surface area contributed by atoms with Crippen LogP contribution in [0.3, 0.4) is 0 Å². The molecule has 0 aromatic carbocycles. The predicted octanol–water partition coefficient (Wildman–Crippen LogP) is 4.55. The van der Waals surface area contributed by atoms with Crippen LogP contribution in [0.4, 0.5) is 0 Å². The molecular formula is C19H36N2O. The number of hydrogen-bond acceptors (Lipinski definition) is 3. The summed E-state index contributed by atoms with van der Waals surface area (Å²) in [5.41, 5.74) is 0. The molecule has 0 aliphatic carbocycles. The van der Waals surface area contributed by atoms with Crippen molar-refractivity contribution in [3.63, 3.8) is 0 Å². The first-order valence-electron chi connectivity index (χ1n) is 9.32. The summed E-state index contributed by atoms with van der Waals surface area (Å²) in [5, 5.41) is 12.4. The molecule has 0 aromatic rings.